The van der Waals surface area contributed by atoms with Gasteiger partial charge in [-0.15, -0.1) is 0 Å². The largest absolute Gasteiger partial charge is 0.351 e. The summed E-state index contributed by atoms with van der Waals surface area (Å²) in [6.45, 7) is 4.09. The van der Waals surface area contributed by atoms with E-state index in [0.29, 0.717) is 5.11 Å². The van der Waals surface area contributed by atoms with E-state index in [9.17, 15) is 0 Å². The predicted molar refractivity (Wildman–Crippen MR) is 108 cm³/mol. The zero-order chi connectivity index (χ0) is 17.6. The quantitative estimate of drug-likeness (QED) is 0.666. The number of hydrogen-bond donors (Lipinski definition) is 2. The fourth-order valence-electron chi connectivity index (χ4n) is 2.65. The first-order valence-electron chi connectivity index (χ1n) is 8.24. The number of aromatic nitrogens is 1. The first kappa shape index (κ1) is 17.1. The van der Waals surface area contributed by atoms with Gasteiger partial charge in [0, 0.05) is 6.20 Å². The molecule has 1 unspecified atom stereocenters. The summed E-state index contributed by atoms with van der Waals surface area (Å²) in [6.07, 6.45) is 1.76. The highest BCUT2D eigenvalue weighted by Gasteiger charge is 2.15. The van der Waals surface area contributed by atoms with Crippen LogP contribution in [0.15, 0.2) is 72.9 Å². The van der Waals surface area contributed by atoms with Crippen molar-refractivity contribution in [2.24, 2.45) is 0 Å². The molecule has 3 rings (SSSR count). The van der Waals surface area contributed by atoms with Gasteiger partial charge in [-0.05, 0) is 48.8 Å². The molecule has 0 saturated carbocycles. The minimum Gasteiger partial charge on any atom is -0.351 e. The van der Waals surface area contributed by atoms with Crippen molar-refractivity contribution >= 4 is 23.1 Å². The number of hydrogen-bond acceptors (Lipinski definition) is 2. The number of rotatable bonds is 4. The van der Waals surface area contributed by atoms with Crippen molar-refractivity contribution in [2.75, 3.05) is 5.32 Å². The fraction of sp³-hybridized carbons (Fsp3) is 0.143. The standard InChI is InChI=1S/C21H21N3S/c1-15-10-12-18(13-11-15)19(17-8-4-3-5-9-17)23-21(25)24-20-16(2)7-6-14-22-20/h3-14,19H,1-2H3,(H2,22,23,24,25). The molecule has 1 aromatic heterocycles. The Hall–Kier alpha value is -2.72. The molecular weight excluding hydrogens is 326 g/mol. The van der Waals surface area contributed by atoms with Crippen molar-refractivity contribution in [3.8, 4) is 0 Å². The number of anilines is 1. The molecule has 0 amide bonds. The van der Waals surface area contributed by atoms with Crippen molar-refractivity contribution in [1.29, 1.82) is 0 Å². The highest BCUT2D eigenvalue weighted by Crippen LogP contribution is 2.22. The number of aryl methyl sites for hydroxylation is 2. The molecule has 0 bridgehead atoms. The minimum atomic E-state index is -0.0224. The third kappa shape index (κ3) is 4.43. The Morgan fingerprint density at radius 1 is 0.880 bits per heavy atom. The van der Waals surface area contributed by atoms with Crippen LogP contribution in [0, 0.1) is 13.8 Å². The van der Waals surface area contributed by atoms with Gasteiger partial charge in [-0.2, -0.15) is 0 Å². The number of benzene rings is 2. The van der Waals surface area contributed by atoms with Gasteiger partial charge >= 0.3 is 0 Å². The van der Waals surface area contributed by atoms with Crippen molar-refractivity contribution in [3.05, 3.63) is 95.2 Å². The predicted octanol–water partition coefficient (Wildman–Crippen LogP) is 4.77. The molecule has 3 aromatic rings. The first-order valence-corrected chi connectivity index (χ1v) is 8.65. The first-order chi connectivity index (χ1) is 12.1. The van der Waals surface area contributed by atoms with Crippen molar-refractivity contribution in [3.63, 3.8) is 0 Å². The number of pyridine rings is 1. The van der Waals surface area contributed by atoms with Gasteiger partial charge in [-0.3, -0.25) is 0 Å². The molecule has 2 N–H and O–H groups in total. The molecule has 0 aliphatic rings. The van der Waals surface area contributed by atoms with E-state index in [1.807, 2.05) is 37.3 Å². The van der Waals surface area contributed by atoms with Crippen LogP contribution in [-0.2, 0) is 0 Å². The van der Waals surface area contributed by atoms with E-state index in [-0.39, 0.29) is 6.04 Å². The van der Waals surface area contributed by atoms with E-state index in [1.54, 1.807) is 6.20 Å². The molecule has 1 heterocycles. The fourth-order valence-corrected chi connectivity index (χ4v) is 2.87. The van der Waals surface area contributed by atoms with E-state index in [2.05, 4.69) is 58.9 Å². The topological polar surface area (TPSA) is 37.0 Å². The number of nitrogens with one attached hydrogen (secondary N) is 2. The van der Waals surface area contributed by atoms with Gasteiger partial charge in [0.2, 0.25) is 0 Å². The lowest BCUT2D eigenvalue weighted by atomic mass is 9.98. The van der Waals surface area contributed by atoms with E-state index in [1.165, 1.54) is 11.1 Å². The molecule has 126 valence electrons. The monoisotopic (exact) mass is 347 g/mol. The van der Waals surface area contributed by atoms with Crippen LogP contribution in [0.25, 0.3) is 0 Å². The van der Waals surface area contributed by atoms with Crippen molar-refractivity contribution < 1.29 is 0 Å². The Kier molecular flexibility index (Phi) is 5.41. The van der Waals surface area contributed by atoms with Crippen LogP contribution < -0.4 is 10.6 Å². The van der Waals surface area contributed by atoms with Crippen LogP contribution in [0.3, 0.4) is 0 Å². The van der Waals surface area contributed by atoms with Crippen LogP contribution in [0.4, 0.5) is 5.82 Å². The van der Waals surface area contributed by atoms with Gasteiger partial charge in [0.05, 0.1) is 6.04 Å². The van der Waals surface area contributed by atoms with Crippen LogP contribution in [0.2, 0.25) is 0 Å². The summed E-state index contributed by atoms with van der Waals surface area (Å²) in [7, 11) is 0. The van der Waals surface area contributed by atoms with Gasteiger partial charge in [-0.25, -0.2) is 4.98 Å². The summed E-state index contributed by atoms with van der Waals surface area (Å²) >= 11 is 5.54. The smallest absolute Gasteiger partial charge is 0.172 e. The molecule has 0 radical (unpaired) electrons. The lowest BCUT2D eigenvalue weighted by molar-refractivity contribution is 0.768. The van der Waals surface area contributed by atoms with Crippen LogP contribution in [0.1, 0.15) is 28.3 Å². The molecule has 3 nitrogen and oxygen atoms in total. The van der Waals surface area contributed by atoms with Crippen molar-refractivity contribution in [2.45, 2.75) is 19.9 Å². The van der Waals surface area contributed by atoms with Crippen LogP contribution in [0.5, 0.6) is 0 Å². The molecule has 25 heavy (non-hydrogen) atoms. The molecule has 0 saturated heterocycles. The Labute approximate surface area is 154 Å². The highest BCUT2D eigenvalue weighted by atomic mass is 32.1. The van der Waals surface area contributed by atoms with Gasteiger partial charge in [0.1, 0.15) is 5.82 Å². The molecule has 4 heteroatoms. The summed E-state index contributed by atoms with van der Waals surface area (Å²) < 4.78 is 0. The Balaban J connectivity index is 1.84. The summed E-state index contributed by atoms with van der Waals surface area (Å²) in [5, 5.41) is 7.18. The highest BCUT2D eigenvalue weighted by molar-refractivity contribution is 7.80. The lowest BCUT2D eigenvalue weighted by Crippen LogP contribution is -2.33. The second-order valence-electron chi connectivity index (χ2n) is 6.02. The average molecular weight is 347 g/mol. The second-order valence-corrected chi connectivity index (χ2v) is 6.43. The molecule has 0 spiro atoms. The van der Waals surface area contributed by atoms with E-state index < -0.39 is 0 Å². The Morgan fingerprint density at radius 2 is 1.56 bits per heavy atom. The normalized spacial score (nSPS) is 11.6. The molecule has 0 aliphatic carbocycles. The summed E-state index contributed by atoms with van der Waals surface area (Å²) in [6, 6.07) is 22.7. The van der Waals surface area contributed by atoms with E-state index >= 15 is 0 Å². The third-order valence-corrected chi connectivity index (χ3v) is 4.28. The molecular formula is C21H21N3S. The number of thiocarbonyl (C=S) groups is 1. The maximum atomic E-state index is 5.54. The summed E-state index contributed by atoms with van der Waals surface area (Å²) in [5.74, 6) is 0.774. The lowest BCUT2D eigenvalue weighted by Gasteiger charge is -2.22. The molecule has 1 atom stereocenters. The SMILES string of the molecule is Cc1ccc(C(NC(=S)Nc2ncccc2C)c2ccccc2)cc1. The van der Waals surface area contributed by atoms with Crippen LogP contribution >= 0.6 is 12.2 Å². The Bertz CT molecular complexity index is 845. The molecule has 0 aliphatic heterocycles. The molecule has 2 aromatic carbocycles. The zero-order valence-electron chi connectivity index (χ0n) is 14.4. The second kappa shape index (κ2) is 7.90. The minimum absolute atomic E-state index is 0.0224. The zero-order valence-corrected chi connectivity index (χ0v) is 15.2. The number of nitrogens with zero attached hydrogens (tertiary/aromatic N) is 1. The van der Waals surface area contributed by atoms with Gasteiger partial charge in [-0.1, -0.05) is 66.2 Å². The summed E-state index contributed by atoms with van der Waals surface area (Å²) in [4.78, 5) is 4.34. The van der Waals surface area contributed by atoms with Crippen LogP contribution in [-0.4, -0.2) is 10.1 Å². The molecule has 0 fully saturated rings. The average Bonchev–Trinajstić information content (AvgIpc) is 2.63. The Morgan fingerprint density at radius 3 is 2.24 bits per heavy atom. The van der Waals surface area contributed by atoms with Gasteiger partial charge in [0.15, 0.2) is 5.11 Å². The van der Waals surface area contributed by atoms with Crippen molar-refractivity contribution in [1.82, 2.24) is 10.3 Å². The van der Waals surface area contributed by atoms with E-state index in [0.717, 1.165) is 16.9 Å². The summed E-state index contributed by atoms with van der Waals surface area (Å²) in [5.41, 5.74) is 4.62. The van der Waals surface area contributed by atoms with Gasteiger partial charge < -0.3 is 10.6 Å². The van der Waals surface area contributed by atoms with Gasteiger partial charge in [0.25, 0.3) is 0 Å². The third-order valence-electron chi connectivity index (χ3n) is 4.06. The maximum absolute atomic E-state index is 5.54. The maximum Gasteiger partial charge on any atom is 0.172 e. The van der Waals surface area contributed by atoms with E-state index in [4.69, 9.17) is 12.2 Å².